The van der Waals surface area contributed by atoms with Crippen molar-refractivity contribution in [1.82, 2.24) is 14.9 Å². The molecule has 7 heteroatoms. The van der Waals surface area contributed by atoms with Crippen LogP contribution in [0.5, 0.6) is 0 Å². The van der Waals surface area contributed by atoms with Crippen LogP contribution in [0.4, 0.5) is 4.39 Å². The highest BCUT2D eigenvalue weighted by molar-refractivity contribution is 7.18. The predicted octanol–water partition coefficient (Wildman–Crippen LogP) is 3.51. The van der Waals surface area contributed by atoms with Crippen LogP contribution in [-0.4, -0.2) is 16.1 Å². The molecule has 24 heavy (non-hydrogen) atoms. The van der Waals surface area contributed by atoms with Gasteiger partial charge in [0.25, 0.3) is 5.56 Å². The molecule has 0 spiro atoms. The molecule has 2 aromatic heterocycles. The highest BCUT2D eigenvalue weighted by Crippen LogP contribution is 2.31. The summed E-state index contributed by atoms with van der Waals surface area (Å²) in [4.78, 5) is 19.5. The molecule has 124 valence electrons. The van der Waals surface area contributed by atoms with Crippen molar-refractivity contribution in [2.45, 2.75) is 25.9 Å². The first-order valence-corrected chi connectivity index (χ1v) is 8.92. The molecule has 3 aromatic rings. The fourth-order valence-corrected chi connectivity index (χ4v) is 4.67. The first kappa shape index (κ1) is 15.7. The summed E-state index contributed by atoms with van der Waals surface area (Å²) < 4.78 is 14.9. The highest BCUT2D eigenvalue weighted by atomic mass is 35.5. The SMILES string of the molecule is CC(c1ccc(F)cc1Cl)n1cnc2sc3c(c2c1=O)CCNC3. The quantitative estimate of drug-likeness (QED) is 0.758. The van der Waals surface area contributed by atoms with Gasteiger partial charge in [-0.2, -0.15) is 0 Å². The summed E-state index contributed by atoms with van der Waals surface area (Å²) in [7, 11) is 0. The minimum Gasteiger partial charge on any atom is -0.312 e. The van der Waals surface area contributed by atoms with Gasteiger partial charge in [0.05, 0.1) is 17.8 Å². The van der Waals surface area contributed by atoms with E-state index in [0.29, 0.717) is 16.0 Å². The van der Waals surface area contributed by atoms with Crippen molar-refractivity contribution in [3.8, 4) is 0 Å². The number of rotatable bonds is 2. The van der Waals surface area contributed by atoms with Gasteiger partial charge in [-0.1, -0.05) is 17.7 Å². The van der Waals surface area contributed by atoms with Crippen LogP contribution in [0.1, 0.15) is 29.0 Å². The van der Waals surface area contributed by atoms with E-state index in [-0.39, 0.29) is 11.6 Å². The van der Waals surface area contributed by atoms with Gasteiger partial charge in [0.1, 0.15) is 10.6 Å². The van der Waals surface area contributed by atoms with Crippen LogP contribution < -0.4 is 10.9 Å². The van der Waals surface area contributed by atoms with E-state index in [1.54, 1.807) is 28.3 Å². The number of benzene rings is 1. The summed E-state index contributed by atoms with van der Waals surface area (Å²) in [6.45, 7) is 3.52. The molecular formula is C17H15ClFN3OS. The Labute approximate surface area is 146 Å². The highest BCUT2D eigenvalue weighted by Gasteiger charge is 2.22. The first-order chi connectivity index (χ1) is 11.6. The zero-order valence-electron chi connectivity index (χ0n) is 13.0. The number of halogens is 2. The van der Waals surface area contributed by atoms with Crippen molar-refractivity contribution >= 4 is 33.2 Å². The van der Waals surface area contributed by atoms with Gasteiger partial charge in [-0.3, -0.25) is 9.36 Å². The number of hydrogen-bond donors (Lipinski definition) is 1. The average Bonchev–Trinajstić information content (AvgIpc) is 2.94. The number of hydrogen-bond acceptors (Lipinski definition) is 4. The van der Waals surface area contributed by atoms with Crippen molar-refractivity contribution in [3.05, 3.63) is 61.7 Å². The topological polar surface area (TPSA) is 46.9 Å². The van der Waals surface area contributed by atoms with E-state index in [1.807, 2.05) is 6.92 Å². The fourth-order valence-electron chi connectivity index (χ4n) is 3.19. The molecule has 0 bridgehead atoms. The average molecular weight is 364 g/mol. The van der Waals surface area contributed by atoms with E-state index in [9.17, 15) is 9.18 Å². The second-order valence-corrected chi connectivity index (χ2v) is 7.40. The third-order valence-corrected chi connectivity index (χ3v) is 5.95. The maximum absolute atomic E-state index is 13.3. The van der Waals surface area contributed by atoms with Gasteiger partial charge in [-0.05, 0) is 43.1 Å². The van der Waals surface area contributed by atoms with E-state index in [0.717, 1.165) is 29.9 Å². The van der Waals surface area contributed by atoms with E-state index in [1.165, 1.54) is 17.0 Å². The Morgan fingerprint density at radius 3 is 3.08 bits per heavy atom. The van der Waals surface area contributed by atoms with Crippen LogP contribution in [0, 0.1) is 5.82 Å². The third-order valence-electron chi connectivity index (χ3n) is 4.49. The summed E-state index contributed by atoms with van der Waals surface area (Å²) in [6, 6.07) is 3.92. The maximum atomic E-state index is 13.3. The third kappa shape index (κ3) is 2.46. The molecule has 0 aliphatic carbocycles. The Morgan fingerprint density at radius 1 is 1.46 bits per heavy atom. The Kier molecular flexibility index (Phi) is 3.90. The van der Waals surface area contributed by atoms with Crippen molar-refractivity contribution in [1.29, 1.82) is 0 Å². The Morgan fingerprint density at radius 2 is 2.29 bits per heavy atom. The van der Waals surface area contributed by atoms with Crippen LogP contribution in [-0.2, 0) is 13.0 Å². The standard InChI is InChI=1S/C17H15ClFN3OS/c1-9(11-3-2-10(19)6-13(11)18)22-8-21-16-15(17(22)23)12-4-5-20-7-14(12)24-16/h2-3,6,8-9,20H,4-5,7H2,1H3. The van der Waals surface area contributed by atoms with Crippen LogP contribution in [0.15, 0.2) is 29.3 Å². The summed E-state index contributed by atoms with van der Waals surface area (Å²) in [5.74, 6) is -0.392. The van der Waals surface area contributed by atoms with E-state index >= 15 is 0 Å². The number of thiophene rings is 1. The molecular weight excluding hydrogens is 349 g/mol. The lowest BCUT2D eigenvalue weighted by Crippen LogP contribution is -2.27. The van der Waals surface area contributed by atoms with Crippen molar-refractivity contribution in [2.24, 2.45) is 0 Å². The second-order valence-electron chi connectivity index (χ2n) is 5.91. The molecule has 1 aromatic carbocycles. The molecule has 1 aliphatic rings. The molecule has 0 amide bonds. The Hall–Kier alpha value is -1.76. The van der Waals surface area contributed by atoms with Gasteiger partial charge < -0.3 is 5.32 Å². The minimum absolute atomic E-state index is 0.0627. The van der Waals surface area contributed by atoms with Gasteiger partial charge in [-0.15, -0.1) is 11.3 Å². The first-order valence-electron chi connectivity index (χ1n) is 7.73. The molecule has 0 fully saturated rings. The summed E-state index contributed by atoms with van der Waals surface area (Å²) in [6.07, 6.45) is 2.40. The number of fused-ring (bicyclic) bond motifs is 3. The zero-order chi connectivity index (χ0) is 16.8. The molecule has 1 N–H and O–H groups in total. The molecule has 4 rings (SSSR count). The van der Waals surface area contributed by atoms with Gasteiger partial charge >= 0.3 is 0 Å². The molecule has 1 aliphatic heterocycles. The van der Waals surface area contributed by atoms with Crippen molar-refractivity contribution < 1.29 is 4.39 Å². The van der Waals surface area contributed by atoms with E-state index in [4.69, 9.17) is 11.6 Å². The predicted molar refractivity (Wildman–Crippen MR) is 94.5 cm³/mol. The van der Waals surface area contributed by atoms with E-state index in [2.05, 4.69) is 10.3 Å². The minimum atomic E-state index is -0.392. The van der Waals surface area contributed by atoms with Gasteiger partial charge in [0.15, 0.2) is 0 Å². The van der Waals surface area contributed by atoms with Crippen molar-refractivity contribution in [3.63, 3.8) is 0 Å². The van der Waals surface area contributed by atoms with Gasteiger partial charge in [0, 0.05) is 16.4 Å². The van der Waals surface area contributed by atoms with E-state index < -0.39 is 5.82 Å². The summed E-state index contributed by atoms with van der Waals surface area (Å²) >= 11 is 7.73. The largest absolute Gasteiger partial charge is 0.312 e. The summed E-state index contributed by atoms with van der Waals surface area (Å²) in [5.41, 5.74) is 1.75. The molecule has 3 heterocycles. The molecule has 0 radical (unpaired) electrons. The number of nitrogens with one attached hydrogen (secondary N) is 1. The monoisotopic (exact) mass is 363 g/mol. The fraction of sp³-hybridized carbons (Fsp3) is 0.294. The molecule has 1 atom stereocenters. The second kappa shape index (κ2) is 5.95. The normalized spacial score (nSPS) is 15.5. The smallest absolute Gasteiger partial charge is 0.262 e. The lowest BCUT2D eigenvalue weighted by Gasteiger charge is -2.17. The van der Waals surface area contributed by atoms with Crippen LogP contribution in [0.3, 0.4) is 0 Å². The van der Waals surface area contributed by atoms with Crippen LogP contribution in [0.2, 0.25) is 5.02 Å². The number of nitrogens with zero attached hydrogens (tertiary/aromatic N) is 2. The van der Waals surface area contributed by atoms with Crippen molar-refractivity contribution in [2.75, 3.05) is 6.54 Å². The van der Waals surface area contributed by atoms with Gasteiger partial charge in [-0.25, -0.2) is 9.37 Å². The lowest BCUT2D eigenvalue weighted by molar-refractivity contribution is 0.599. The maximum Gasteiger partial charge on any atom is 0.262 e. The molecule has 0 saturated heterocycles. The van der Waals surface area contributed by atoms with Gasteiger partial charge in [0.2, 0.25) is 0 Å². The zero-order valence-corrected chi connectivity index (χ0v) is 14.5. The number of aromatic nitrogens is 2. The molecule has 4 nitrogen and oxygen atoms in total. The van der Waals surface area contributed by atoms with Crippen LogP contribution >= 0.6 is 22.9 Å². The Balaban J connectivity index is 1.88. The lowest BCUT2D eigenvalue weighted by atomic mass is 10.1. The van der Waals surface area contributed by atoms with Crippen LogP contribution in [0.25, 0.3) is 10.2 Å². The Bertz CT molecular complexity index is 997. The molecule has 1 unspecified atom stereocenters. The molecule has 0 saturated carbocycles. The summed E-state index contributed by atoms with van der Waals surface area (Å²) in [5, 5.41) is 4.34.